The Bertz CT molecular complexity index is 1520. The van der Waals surface area contributed by atoms with Gasteiger partial charge in [-0.2, -0.15) is 0 Å². The van der Waals surface area contributed by atoms with Gasteiger partial charge in [-0.15, -0.1) is 0 Å². The van der Waals surface area contributed by atoms with Gasteiger partial charge in [0.2, 0.25) is 0 Å². The Morgan fingerprint density at radius 3 is 2.31 bits per heavy atom. The van der Waals surface area contributed by atoms with Gasteiger partial charge in [-0.25, -0.2) is 0 Å². The van der Waals surface area contributed by atoms with Crippen molar-refractivity contribution in [2.75, 3.05) is 4.90 Å². The maximum absolute atomic E-state index is 5.94. The first-order valence-corrected chi connectivity index (χ1v) is 12.8. The minimum atomic E-state index is -0.0856. The second-order valence-corrected chi connectivity index (χ2v) is 9.96. The van der Waals surface area contributed by atoms with Crippen molar-refractivity contribution in [3.8, 4) is 5.69 Å². The number of nitrogens with one attached hydrogen (secondary N) is 1. The summed E-state index contributed by atoms with van der Waals surface area (Å²) < 4.78 is 2.28. The zero-order chi connectivity index (χ0) is 24.6. The molecule has 5 heteroatoms. The first kappa shape index (κ1) is 22.5. The number of aromatic nitrogens is 2. The highest BCUT2D eigenvalue weighted by Crippen LogP contribution is 2.42. The number of benzene rings is 3. The predicted octanol–water partition coefficient (Wildman–Crippen LogP) is 7.33. The van der Waals surface area contributed by atoms with Gasteiger partial charge in [-0.05, 0) is 83.0 Å². The van der Waals surface area contributed by atoms with Gasteiger partial charge in [0.1, 0.15) is 6.04 Å². The first-order chi connectivity index (χ1) is 17.6. The van der Waals surface area contributed by atoms with Crippen molar-refractivity contribution in [3.05, 3.63) is 126 Å². The van der Waals surface area contributed by atoms with E-state index in [-0.39, 0.29) is 12.1 Å². The van der Waals surface area contributed by atoms with E-state index in [1.165, 1.54) is 16.3 Å². The van der Waals surface area contributed by atoms with E-state index >= 15 is 0 Å². The number of anilines is 1. The van der Waals surface area contributed by atoms with Gasteiger partial charge >= 0.3 is 0 Å². The van der Waals surface area contributed by atoms with Crippen molar-refractivity contribution in [1.29, 1.82) is 0 Å². The van der Waals surface area contributed by atoms with Crippen LogP contribution in [0, 0.1) is 0 Å². The molecule has 0 spiro atoms. The number of rotatable bonds is 5. The average Bonchev–Trinajstić information content (AvgIpc) is 3.53. The minimum Gasteiger partial charge on any atom is -0.351 e. The normalized spacial score (nSPS) is 17.6. The molecule has 0 saturated carbocycles. The summed E-state index contributed by atoms with van der Waals surface area (Å²) in [5.74, 6) is 0.477. The van der Waals surface area contributed by atoms with E-state index in [0.29, 0.717) is 11.0 Å². The van der Waals surface area contributed by atoms with E-state index in [4.69, 9.17) is 17.2 Å². The second-order valence-electron chi connectivity index (χ2n) is 9.58. The van der Waals surface area contributed by atoms with E-state index in [9.17, 15) is 0 Å². The molecule has 0 amide bonds. The number of nitrogens with zero attached hydrogens (tertiary/aromatic N) is 3. The molecule has 1 N–H and O–H groups in total. The molecule has 36 heavy (non-hydrogen) atoms. The fraction of sp³-hybridized carbons (Fsp3) is 0.161. The summed E-state index contributed by atoms with van der Waals surface area (Å²) in [6, 6.07) is 34.1. The van der Waals surface area contributed by atoms with Gasteiger partial charge in [0.05, 0.1) is 11.7 Å². The third-order valence-electron chi connectivity index (χ3n) is 7.03. The number of hydrogen-bond donors (Lipinski definition) is 1. The average molecular weight is 489 g/mol. The van der Waals surface area contributed by atoms with Crippen LogP contribution in [0.1, 0.15) is 48.8 Å². The summed E-state index contributed by atoms with van der Waals surface area (Å²) in [4.78, 5) is 6.95. The molecule has 4 nitrogen and oxygen atoms in total. The summed E-state index contributed by atoms with van der Waals surface area (Å²) in [6.07, 6.45) is 3.98. The third-order valence-corrected chi connectivity index (χ3v) is 7.35. The topological polar surface area (TPSA) is 33.1 Å². The molecule has 0 bridgehead atoms. The monoisotopic (exact) mass is 488 g/mol. The molecule has 0 radical (unpaired) electrons. The zero-order valence-electron chi connectivity index (χ0n) is 20.4. The van der Waals surface area contributed by atoms with E-state index in [0.717, 1.165) is 22.8 Å². The number of hydrogen-bond acceptors (Lipinski definition) is 2. The van der Waals surface area contributed by atoms with Crippen LogP contribution in [0.2, 0.25) is 0 Å². The van der Waals surface area contributed by atoms with Gasteiger partial charge < -0.3 is 14.8 Å². The Hall–Kier alpha value is -3.96. The Morgan fingerprint density at radius 2 is 1.56 bits per heavy atom. The summed E-state index contributed by atoms with van der Waals surface area (Å²) >= 11 is 5.94. The van der Waals surface area contributed by atoms with Crippen LogP contribution in [0.5, 0.6) is 0 Å². The maximum Gasteiger partial charge on any atom is 0.174 e. The van der Waals surface area contributed by atoms with Crippen LogP contribution in [-0.2, 0) is 0 Å². The highest BCUT2D eigenvalue weighted by atomic mass is 32.1. The maximum atomic E-state index is 5.94. The summed E-state index contributed by atoms with van der Waals surface area (Å²) in [7, 11) is 0. The molecule has 3 aromatic carbocycles. The van der Waals surface area contributed by atoms with Crippen LogP contribution >= 0.6 is 12.2 Å². The van der Waals surface area contributed by atoms with Crippen molar-refractivity contribution in [3.63, 3.8) is 0 Å². The highest BCUT2D eigenvalue weighted by molar-refractivity contribution is 7.80. The Labute approximate surface area is 217 Å². The van der Waals surface area contributed by atoms with Gasteiger partial charge in [0, 0.05) is 29.5 Å². The van der Waals surface area contributed by atoms with Crippen LogP contribution in [0.4, 0.5) is 5.69 Å². The van der Waals surface area contributed by atoms with Crippen LogP contribution in [0.15, 0.2) is 109 Å². The molecule has 178 valence electrons. The largest absolute Gasteiger partial charge is 0.351 e. The van der Waals surface area contributed by atoms with E-state index in [2.05, 4.69) is 120 Å². The smallest absolute Gasteiger partial charge is 0.174 e. The quantitative estimate of drug-likeness (QED) is 0.263. The van der Waals surface area contributed by atoms with Crippen molar-refractivity contribution in [2.45, 2.75) is 31.8 Å². The Balaban J connectivity index is 1.49. The molecule has 1 aliphatic heterocycles. The molecule has 0 unspecified atom stereocenters. The second kappa shape index (κ2) is 9.25. The van der Waals surface area contributed by atoms with Gasteiger partial charge in [-0.3, -0.25) is 4.98 Å². The van der Waals surface area contributed by atoms with Gasteiger partial charge in [-0.1, -0.05) is 62.4 Å². The summed E-state index contributed by atoms with van der Waals surface area (Å²) in [5.41, 5.74) is 5.64. The van der Waals surface area contributed by atoms with Crippen LogP contribution < -0.4 is 10.2 Å². The fourth-order valence-electron chi connectivity index (χ4n) is 5.15. The molecular formula is C31H28N4S. The molecule has 3 heterocycles. The molecule has 1 fully saturated rings. The lowest BCUT2D eigenvalue weighted by molar-refractivity contribution is 0.549. The van der Waals surface area contributed by atoms with Gasteiger partial charge in [0.25, 0.3) is 0 Å². The van der Waals surface area contributed by atoms with E-state index in [1.54, 1.807) is 0 Å². The number of pyridine rings is 1. The summed E-state index contributed by atoms with van der Waals surface area (Å²) in [6.45, 7) is 4.43. The molecule has 2 aromatic heterocycles. The van der Waals surface area contributed by atoms with Crippen molar-refractivity contribution in [2.24, 2.45) is 0 Å². The molecular weight excluding hydrogens is 460 g/mol. The minimum absolute atomic E-state index is 0.0706. The SMILES string of the molecule is CC(C)c1ccc(N2C(=S)N[C@H](c3ccccn3)[C@H]2c2cccn2-c2ccc3ccccc3c2)cc1. The lowest BCUT2D eigenvalue weighted by Gasteiger charge is -2.29. The number of fused-ring (bicyclic) bond motifs is 1. The van der Waals surface area contributed by atoms with Crippen LogP contribution in [-0.4, -0.2) is 14.7 Å². The third kappa shape index (κ3) is 3.95. The van der Waals surface area contributed by atoms with Crippen LogP contribution in [0.3, 0.4) is 0 Å². The van der Waals surface area contributed by atoms with Crippen molar-refractivity contribution < 1.29 is 0 Å². The fourth-order valence-corrected chi connectivity index (χ4v) is 5.50. The van der Waals surface area contributed by atoms with Crippen molar-refractivity contribution >= 4 is 33.8 Å². The Kier molecular flexibility index (Phi) is 5.78. The molecule has 6 rings (SSSR count). The lowest BCUT2D eigenvalue weighted by atomic mass is 9.99. The number of thiocarbonyl (C=S) groups is 1. The van der Waals surface area contributed by atoms with Gasteiger partial charge in [0.15, 0.2) is 5.11 Å². The van der Waals surface area contributed by atoms with E-state index in [1.807, 2.05) is 18.3 Å². The molecule has 1 saturated heterocycles. The first-order valence-electron chi connectivity index (χ1n) is 12.4. The van der Waals surface area contributed by atoms with E-state index < -0.39 is 0 Å². The summed E-state index contributed by atoms with van der Waals surface area (Å²) in [5, 5.41) is 6.74. The van der Waals surface area contributed by atoms with Crippen LogP contribution in [0.25, 0.3) is 16.5 Å². The lowest BCUT2D eigenvalue weighted by Crippen LogP contribution is -2.30. The van der Waals surface area contributed by atoms with Crippen molar-refractivity contribution in [1.82, 2.24) is 14.9 Å². The molecule has 1 aliphatic rings. The predicted molar refractivity (Wildman–Crippen MR) is 152 cm³/mol. The zero-order valence-corrected chi connectivity index (χ0v) is 21.2. The Morgan fingerprint density at radius 1 is 0.806 bits per heavy atom. The molecule has 0 aliphatic carbocycles. The molecule has 2 atom stereocenters. The standard InChI is InChI=1S/C31H28N4S/c1-21(2)22-12-15-25(16-13-22)35-30(29(33-31(35)36)27-10-5-6-18-32-27)28-11-7-19-34(28)26-17-14-23-8-3-4-9-24(23)20-26/h3-21,29-30H,1-2H3,(H,33,36)/t29-,30-/m1/s1. The highest BCUT2D eigenvalue weighted by Gasteiger charge is 2.42. The molecule has 5 aromatic rings.